The van der Waals surface area contributed by atoms with Gasteiger partial charge in [0, 0.05) is 18.1 Å². The van der Waals surface area contributed by atoms with Gasteiger partial charge in [-0.05, 0) is 36.4 Å². The first kappa shape index (κ1) is 19.5. The summed E-state index contributed by atoms with van der Waals surface area (Å²) < 4.78 is 17.7. The van der Waals surface area contributed by atoms with Crippen LogP contribution in [0.3, 0.4) is 0 Å². The first-order valence-electron chi connectivity index (χ1n) is 9.55. The zero-order valence-corrected chi connectivity index (χ0v) is 16.5. The number of para-hydroxylation sites is 2. The predicted octanol–water partition coefficient (Wildman–Crippen LogP) is 2.72. The molecular formula is C22H21N3O5. The van der Waals surface area contributed by atoms with Gasteiger partial charge in [0.2, 0.25) is 5.91 Å². The van der Waals surface area contributed by atoms with Crippen LogP contribution in [0.15, 0.2) is 59.4 Å². The predicted molar refractivity (Wildman–Crippen MR) is 111 cm³/mol. The molecule has 4 rings (SSSR count). The molecule has 0 aliphatic carbocycles. The molecule has 154 valence electrons. The molecule has 0 saturated heterocycles. The number of ether oxygens (including phenoxy) is 3. The van der Waals surface area contributed by atoms with Crippen molar-refractivity contribution in [3.63, 3.8) is 0 Å². The maximum Gasteiger partial charge on any atom is 0.267 e. The second-order valence-corrected chi connectivity index (χ2v) is 6.67. The average Bonchev–Trinajstić information content (AvgIpc) is 3.00. The van der Waals surface area contributed by atoms with Crippen LogP contribution >= 0.6 is 0 Å². The molecule has 1 amide bonds. The monoisotopic (exact) mass is 407 g/mol. The van der Waals surface area contributed by atoms with Crippen molar-refractivity contribution in [1.29, 1.82) is 0 Å². The fourth-order valence-corrected chi connectivity index (χ4v) is 3.11. The van der Waals surface area contributed by atoms with E-state index in [0.717, 1.165) is 16.7 Å². The zero-order valence-electron chi connectivity index (χ0n) is 16.5. The summed E-state index contributed by atoms with van der Waals surface area (Å²) in [5.74, 6) is 1.47. The van der Waals surface area contributed by atoms with Crippen LogP contribution in [-0.2, 0) is 11.3 Å². The van der Waals surface area contributed by atoms with E-state index >= 15 is 0 Å². The van der Waals surface area contributed by atoms with Gasteiger partial charge in [-0.25, -0.2) is 4.68 Å². The van der Waals surface area contributed by atoms with Crippen molar-refractivity contribution in [2.45, 2.75) is 13.0 Å². The Kier molecular flexibility index (Phi) is 5.65. The third-order valence-electron chi connectivity index (χ3n) is 4.58. The van der Waals surface area contributed by atoms with Crippen LogP contribution < -0.4 is 25.1 Å². The summed E-state index contributed by atoms with van der Waals surface area (Å²) in [7, 11) is 1.52. The quantitative estimate of drug-likeness (QED) is 0.699. The third-order valence-corrected chi connectivity index (χ3v) is 4.58. The number of nitrogens with zero attached hydrogens (tertiary/aromatic N) is 2. The van der Waals surface area contributed by atoms with Gasteiger partial charge in [0.1, 0.15) is 12.3 Å². The molecule has 0 fully saturated rings. The van der Waals surface area contributed by atoms with Crippen molar-refractivity contribution in [1.82, 2.24) is 9.78 Å². The number of nitrogens with one attached hydrogen (secondary N) is 1. The molecule has 1 aliphatic rings. The number of hydrogen-bond acceptors (Lipinski definition) is 6. The van der Waals surface area contributed by atoms with Gasteiger partial charge in [-0.1, -0.05) is 12.1 Å². The van der Waals surface area contributed by atoms with E-state index < -0.39 is 0 Å². The second kappa shape index (κ2) is 8.69. The Balaban J connectivity index is 1.56. The smallest absolute Gasteiger partial charge is 0.267 e. The molecule has 8 heteroatoms. The van der Waals surface area contributed by atoms with Crippen molar-refractivity contribution < 1.29 is 19.0 Å². The van der Waals surface area contributed by atoms with Gasteiger partial charge in [0.15, 0.2) is 11.5 Å². The van der Waals surface area contributed by atoms with Crippen LogP contribution in [0.1, 0.15) is 6.42 Å². The van der Waals surface area contributed by atoms with E-state index in [0.29, 0.717) is 41.8 Å². The van der Waals surface area contributed by atoms with Crippen molar-refractivity contribution in [2.24, 2.45) is 0 Å². The van der Waals surface area contributed by atoms with Crippen LogP contribution in [0.5, 0.6) is 17.2 Å². The Morgan fingerprint density at radius 3 is 2.73 bits per heavy atom. The first-order valence-corrected chi connectivity index (χ1v) is 9.55. The van der Waals surface area contributed by atoms with Crippen molar-refractivity contribution in [3.8, 4) is 28.5 Å². The standard InChI is InChI=1S/C22H21N3O5/c1-28-18-6-3-2-5-17(18)23-21(26)14-25-22(27)10-8-16(24-25)15-7-9-19-20(13-15)30-12-4-11-29-19/h2-3,5-10,13H,4,11-12,14H2,1H3,(H,23,26). The number of carbonyl (C=O) groups is 1. The fourth-order valence-electron chi connectivity index (χ4n) is 3.11. The minimum Gasteiger partial charge on any atom is -0.495 e. The molecule has 2 heterocycles. The highest BCUT2D eigenvalue weighted by atomic mass is 16.5. The molecule has 0 saturated carbocycles. The van der Waals surface area contributed by atoms with Crippen molar-refractivity contribution in [2.75, 3.05) is 25.6 Å². The molecule has 1 N–H and O–H groups in total. The topological polar surface area (TPSA) is 91.7 Å². The molecule has 0 bridgehead atoms. The van der Waals surface area contributed by atoms with E-state index in [-0.39, 0.29) is 18.0 Å². The Bertz CT molecular complexity index is 1130. The summed E-state index contributed by atoms with van der Waals surface area (Å²) in [6.07, 6.45) is 0.814. The van der Waals surface area contributed by atoms with Crippen molar-refractivity contribution >= 4 is 11.6 Å². The number of amides is 1. The molecule has 3 aromatic rings. The Morgan fingerprint density at radius 2 is 1.90 bits per heavy atom. The molecule has 1 aliphatic heterocycles. The Morgan fingerprint density at radius 1 is 1.10 bits per heavy atom. The van der Waals surface area contributed by atoms with E-state index in [1.165, 1.54) is 13.2 Å². The molecule has 1 aromatic heterocycles. The zero-order chi connectivity index (χ0) is 20.9. The number of rotatable bonds is 5. The van der Waals surface area contributed by atoms with Gasteiger partial charge >= 0.3 is 0 Å². The number of fused-ring (bicyclic) bond motifs is 1. The maximum absolute atomic E-state index is 12.5. The number of methoxy groups -OCH3 is 1. The number of carbonyl (C=O) groups excluding carboxylic acids is 1. The fraction of sp³-hybridized carbons (Fsp3) is 0.227. The average molecular weight is 407 g/mol. The SMILES string of the molecule is COc1ccccc1NC(=O)Cn1nc(-c2ccc3c(c2)OCCCO3)ccc1=O. The largest absolute Gasteiger partial charge is 0.495 e. The lowest BCUT2D eigenvalue weighted by molar-refractivity contribution is -0.117. The van der Waals surface area contributed by atoms with E-state index in [1.54, 1.807) is 30.3 Å². The van der Waals surface area contributed by atoms with E-state index in [1.807, 2.05) is 18.2 Å². The maximum atomic E-state index is 12.5. The van der Waals surface area contributed by atoms with Gasteiger partial charge < -0.3 is 19.5 Å². The molecule has 30 heavy (non-hydrogen) atoms. The van der Waals surface area contributed by atoms with Crippen molar-refractivity contribution in [3.05, 3.63) is 65.0 Å². The summed E-state index contributed by atoms with van der Waals surface area (Å²) in [5, 5.41) is 7.10. The Labute approximate surface area is 173 Å². The summed E-state index contributed by atoms with van der Waals surface area (Å²) in [6.45, 7) is 0.957. The molecule has 0 spiro atoms. The van der Waals surface area contributed by atoms with Gasteiger partial charge in [0.05, 0.1) is 31.7 Å². The normalized spacial score (nSPS) is 12.7. The highest BCUT2D eigenvalue weighted by Gasteiger charge is 2.14. The van der Waals surface area contributed by atoms with Crippen LogP contribution in [-0.4, -0.2) is 36.0 Å². The van der Waals surface area contributed by atoms with Gasteiger partial charge in [0.25, 0.3) is 5.56 Å². The lowest BCUT2D eigenvalue weighted by atomic mass is 10.1. The molecule has 0 unspecified atom stereocenters. The van der Waals surface area contributed by atoms with Crippen LogP contribution in [0.4, 0.5) is 5.69 Å². The second-order valence-electron chi connectivity index (χ2n) is 6.67. The highest BCUT2D eigenvalue weighted by Crippen LogP contribution is 2.33. The Hall–Kier alpha value is -3.81. The third kappa shape index (κ3) is 4.27. The number of hydrogen-bond donors (Lipinski definition) is 1. The van der Waals surface area contributed by atoms with Gasteiger partial charge in [-0.3, -0.25) is 9.59 Å². The molecule has 0 atom stereocenters. The lowest BCUT2D eigenvalue weighted by Gasteiger charge is -2.12. The lowest BCUT2D eigenvalue weighted by Crippen LogP contribution is -2.29. The van der Waals surface area contributed by atoms with Crippen LogP contribution in [0, 0.1) is 0 Å². The molecule has 0 radical (unpaired) electrons. The van der Waals surface area contributed by atoms with Gasteiger partial charge in [-0.2, -0.15) is 5.10 Å². The van der Waals surface area contributed by atoms with E-state index in [4.69, 9.17) is 14.2 Å². The summed E-state index contributed by atoms with van der Waals surface area (Å²) in [6, 6.07) is 15.6. The summed E-state index contributed by atoms with van der Waals surface area (Å²) in [5.41, 5.74) is 1.47. The molecular weight excluding hydrogens is 386 g/mol. The number of anilines is 1. The van der Waals surface area contributed by atoms with Gasteiger partial charge in [-0.15, -0.1) is 0 Å². The molecule has 2 aromatic carbocycles. The number of benzene rings is 2. The molecule has 8 nitrogen and oxygen atoms in total. The van der Waals surface area contributed by atoms with E-state index in [2.05, 4.69) is 10.4 Å². The van der Waals surface area contributed by atoms with Crippen LogP contribution in [0.25, 0.3) is 11.3 Å². The highest BCUT2D eigenvalue weighted by molar-refractivity contribution is 5.92. The minimum atomic E-state index is -0.384. The van der Waals surface area contributed by atoms with E-state index in [9.17, 15) is 9.59 Å². The number of aromatic nitrogens is 2. The summed E-state index contributed by atoms with van der Waals surface area (Å²) in [4.78, 5) is 24.7. The first-order chi connectivity index (χ1) is 14.6. The minimum absolute atomic E-state index is 0.227. The van der Waals surface area contributed by atoms with Crippen LogP contribution in [0.2, 0.25) is 0 Å². The summed E-state index contributed by atoms with van der Waals surface area (Å²) >= 11 is 0.